The van der Waals surface area contributed by atoms with Crippen molar-refractivity contribution in [2.75, 3.05) is 19.5 Å². The summed E-state index contributed by atoms with van der Waals surface area (Å²) in [5.41, 5.74) is 2.70. The standard InChI is InChI=1S/C25H27N3O4S/c1-25(2,3)15-7-8-16-17(13-26)24(33-22(16)11-15)27-23(29)18-12-20(32-28-18)14-6-9-19(30-4)21(10-14)31-5/h6,9-10,12,15H,7-8,11H2,1-5H3,(H,27,29)/t15-/m0/s1. The number of fused-ring (bicyclic) bond motifs is 1. The number of carbonyl (C=O) groups is 1. The molecule has 0 saturated carbocycles. The van der Waals surface area contributed by atoms with Crippen LogP contribution in [0.3, 0.4) is 0 Å². The van der Waals surface area contributed by atoms with E-state index in [1.807, 2.05) is 0 Å². The lowest BCUT2D eigenvalue weighted by Crippen LogP contribution is -2.26. The fourth-order valence-corrected chi connectivity index (χ4v) is 5.48. The molecule has 0 aliphatic heterocycles. The van der Waals surface area contributed by atoms with Gasteiger partial charge in [0.15, 0.2) is 23.0 Å². The van der Waals surface area contributed by atoms with E-state index in [1.54, 1.807) is 38.5 Å². The van der Waals surface area contributed by atoms with E-state index in [0.29, 0.717) is 39.3 Å². The molecule has 1 aliphatic carbocycles. The van der Waals surface area contributed by atoms with E-state index < -0.39 is 5.91 Å². The quantitative estimate of drug-likeness (QED) is 0.519. The summed E-state index contributed by atoms with van der Waals surface area (Å²) < 4.78 is 16.0. The smallest absolute Gasteiger partial charge is 0.278 e. The number of carbonyl (C=O) groups excluding carboxylic acids is 1. The number of amides is 1. The van der Waals surface area contributed by atoms with Crippen LogP contribution in [0.25, 0.3) is 11.3 Å². The first kappa shape index (κ1) is 22.9. The number of aromatic nitrogens is 1. The van der Waals surface area contributed by atoms with Gasteiger partial charge in [0.1, 0.15) is 11.1 Å². The van der Waals surface area contributed by atoms with Crippen LogP contribution >= 0.6 is 11.3 Å². The number of hydrogen-bond acceptors (Lipinski definition) is 7. The van der Waals surface area contributed by atoms with Crippen molar-refractivity contribution < 1.29 is 18.8 Å². The molecule has 7 nitrogen and oxygen atoms in total. The number of benzene rings is 1. The Kier molecular flexibility index (Phi) is 6.17. The minimum atomic E-state index is -0.409. The Morgan fingerprint density at radius 2 is 2.00 bits per heavy atom. The van der Waals surface area contributed by atoms with Crippen LogP contribution in [0.2, 0.25) is 0 Å². The van der Waals surface area contributed by atoms with Gasteiger partial charge in [-0.1, -0.05) is 25.9 Å². The molecule has 0 saturated heterocycles. The third-order valence-electron chi connectivity index (χ3n) is 6.24. The summed E-state index contributed by atoms with van der Waals surface area (Å²) in [6.07, 6.45) is 2.84. The molecule has 172 valence electrons. The van der Waals surface area contributed by atoms with E-state index in [9.17, 15) is 10.1 Å². The van der Waals surface area contributed by atoms with Gasteiger partial charge in [0.2, 0.25) is 0 Å². The summed E-state index contributed by atoms with van der Waals surface area (Å²) >= 11 is 1.50. The maximum Gasteiger partial charge on any atom is 0.278 e. The normalized spacial score (nSPS) is 15.5. The Bertz CT molecular complexity index is 1230. The summed E-state index contributed by atoms with van der Waals surface area (Å²) in [5, 5.41) is 17.2. The maximum absolute atomic E-state index is 12.9. The molecular weight excluding hydrogens is 438 g/mol. The Hall–Kier alpha value is -3.31. The molecule has 0 spiro atoms. The molecule has 1 N–H and O–H groups in total. The van der Waals surface area contributed by atoms with E-state index >= 15 is 0 Å². The van der Waals surface area contributed by atoms with Crippen LogP contribution < -0.4 is 14.8 Å². The number of nitrogens with zero attached hydrogens (tertiary/aromatic N) is 2. The minimum Gasteiger partial charge on any atom is -0.493 e. The van der Waals surface area contributed by atoms with Gasteiger partial charge >= 0.3 is 0 Å². The molecule has 1 aliphatic rings. The van der Waals surface area contributed by atoms with E-state index in [1.165, 1.54) is 16.2 Å². The van der Waals surface area contributed by atoms with E-state index in [4.69, 9.17) is 14.0 Å². The van der Waals surface area contributed by atoms with Crippen molar-refractivity contribution in [2.24, 2.45) is 11.3 Å². The summed E-state index contributed by atoms with van der Waals surface area (Å²) in [6, 6.07) is 9.19. The molecule has 1 atom stereocenters. The molecule has 0 unspecified atom stereocenters. The SMILES string of the molecule is COc1ccc(-c2cc(C(=O)Nc3sc4c(c3C#N)CC[C@H](C(C)(C)C)C4)no2)cc1OC. The zero-order valence-electron chi connectivity index (χ0n) is 19.4. The second kappa shape index (κ2) is 8.91. The van der Waals surface area contributed by atoms with Crippen LogP contribution in [0, 0.1) is 22.7 Å². The van der Waals surface area contributed by atoms with Gasteiger partial charge in [-0.15, -0.1) is 11.3 Å². The maximum atomic E-state index is 12.9. The highest BCUT2D eigenvalue weighted by Gasteiger charge is 2.32. The average Bonchev–Trinajstić information content (AvgIpc) is 3.42. The number of ether oxygens (including phenoxy) is 2. The van der Waals surface area contributed by atoms with Gasteiger partial charge in [-0.2, -0.15) is 5.26 Å². The monoisotopic (exact) mass is 465 g/mol. The summed E-state index contributed by atoms with van der Waals surface area (Å²) in [6.45, 7) is 6.76. The molecular formula is C25H27N3O4S. The van der Waals surface area contributed by atoms with Gasteiger partial charge in [0, 0.05) is 16.5 Å². The second-order valence-corrected chi connectivity index (χ2v) is 10.3. The van der Waals surface area contributed by atoms with Crippen LogP contribution in [0.15, 0.2) is 28.8 Å². The largest absolute Gasteiger partial charge is 0.493 e. The first-order valence-electron chi connectivity index (χ1n) is 10.8. The molecule has 8 heteroatoms. The van der Waals surface area contributed by atoms with E-state index in [0.717, 1.165) is 24.8 Å². The van der Waals surface area contributed by atoms with Gasteiger partial charge in [-0.3, -0.25) is 4.79 Å². The van der Waals surface area contributed by atoms with Crippen LogP contribution in [0.5, 0.6) is 11.5 Å². The van der Waals surface area contributed by atoms with Crippen molar-refractivity contribution in [2.45, 2.75) is 40.0 Å². The van der Waals surface area contributed by atoms with Crippen molar-refractivity contribution in [3.8, 4) is 28.9 Å². The number of anilines is 1. The Labute approximate surface area is 197 Å². The Morgan fingerprint density at radius 3 is 2.67 bits per heavy atom. The number of nitrogens with one attached hydrogen (secondary N) is 1. The fourth-order valence-electron chi connectivity index (χ4n) is 4.21. The highest BCUT2D eigenvalue weighted by atomic mass is 32.1. The number of hydrogen-bond donors (Lipinski definition) is 1. The molecule has 1 aromatic carbocycles. The van der Waals surface area contributed by atoms with Crippen molar-refractivity contribution >= 4 is 22.2 Å². The van der Waals surface area contributed by atoms with Gasteiger partial charge < -0.3 is 19.3 Å². The lowest BCUT2D eigenvalue weighted by atomic mass is 9.72. The predicted molar refractivity (Wildman–Crippen MR) is 127 cm³/mol. The van der Waals surface area contributed by atoms with Crippen molar-refractivity contribution in [1.29, 1.82) is 5.26 Å². The molecule has 2 aromatic heterocycles. The lowest BCUT2D eigenvalue weighted by molar-refractivity contribution is 0.101. The van der Waals surface area contributed by atoms with Gasteiger partial charge in [0.05, 0.1) is 19.8 Å². The number of thiophene rings is 1. The fraction of sp³-hybridized carbons (Fsp3) is 0.400. The second-order valence-electron chi connectivity index (χ2n) is 9.23. The number of nitriles is 1. The highest BCUT2D eigenvalue weighted by molar-refractivity contribution is 7.16. The number of rotatable bonds is 5. The van der Waals surface area contributed by atoms with Crippen molar-refractivity contribution in [3.05, 3.63) is 46.0 Å². The van der Waals surface area contributed by atoms with Crippen LogP contribution in [0.4, 0.5) is 5.00 Å². The first-order valence-corrected chi connectivity index (χ1v) is 11.6. The van der Waals surface area contributed by atoms with Gasteiger partial charge in [0.25, 0.3) is 5.91 Å². The molecule has 2 heterocycles. The summed E-state index contributed by atoms with van der Waals surface area (Å²) in [5.74, 6) is 1.72. The van der Waals surface area contributed by atoms with Gasteiger partial charge in [-0.05, 0) is 54.4 Å². The summed E-state index contributed by atoms with van der Waals surface area (Å²) in [4.78, 5) is 14.1. The van der Waals surface area contributed by atoms with E-state index in [2.05, 4.69) is 37.3 Å². The summed E-state index contributed by atoms with van der Waals surface area (Å²) in [7, 11) is 3.12. The van der Waals surface area contributed by atoms with Crippen molar-refractivity contribution in [3.63, 3.8) is 0 Å². The average molecular weight is 466 g/mol. The molecule has 0 fully saturated rings. The minimum absolute atomic E-state index is 0.141. The van der Waals surface area contributed by atoms with E-state index in [-0.39, 0.29) is 11.1 Å². The third-order valence-corrected chi connectivity index (χ3v) is 7.41. The molecule has 0 bridgehead atoms. The zero-order chi connectivity index (χ0) is 23.8. The molecule has 4 rings (SSSR count). The molecule has 3 aromatic rings. The van der Waals surface area contributed by atoms with Crippen LogP contribution in [-0.2, 0) is 12.8 Å². The number of methoxy groups -OCH3 is 2. The van der Waals surface area contributed by atoms with Gasteiger partial charge in [-0.25, -0.2) is 0 Å². The van der Waals surface area contributed by atoms with Crippen LogP contribution in [-0.4, -0.2) is 25.3 Å². The topological polar surface area (TPSA) is 97.4 Å². The third kappa shape index (κ3) is 4.46. The molecule has 1 amide bonds. The van der Waals surface area contributed by atoms with Crippen LogP contribution in [0.1, 0.15) is 53.7 Å². The zero-order valence-corrected chi connectivity index (χ0v) is 20.3. The predicted octanol–water partition coefficient (Wildman–Crippen LogP) is 5.70. The Balaban J connectivity index is 1.55. The Morgan fingerprint density at radius 1 is 1.24 bits per heavy atom. The molecule has 33 heavy (non-hydrogen) atoms. The van der Waals surface area contributed by atoms with Crippen molar-refractivity contribution in [1.82, 2.24) is 5.16 Å². The first-order chi connectivity index (χ1) is 15.7. The highest BCUT2D eigenvalue weighted by Crippen LogP contribution is 2.44. The molecule has 0 radical (unpaired) electrons. The lowest BCUT2D eigenvalue weighted by Gasteiger charge is -2.33.